The highest BCUT2D eigenvalue weighted by Gasteiger charge is 2.03. The van der Waals surface area contributed by atoms with Crippen LogP contribution >= 0.6 is 0 Å². The molecule has 0 saturated heterocycles. The number of hydrogen-bond donors (Lipinski definition) is 0. The van der Waals surface area contributed by atoms with Gasteiger partial charge in [-0.15, -0.1) is 0 Å². The van der Waals surface area contributed by atoms with E-state index in [1.54, 1.807) is 0 Å². The van der Waals surface area contributed by atoms with E-state index >= 15 is 0 Å². The van der Waals surface area contributed by atoms with Gasteiger partial charge in [0.15, 0.2) is 0 Å². The summed E-state index contributed by atoms with van der Waals surface area (Å²) in [6.45, 7) is 5.27. The molecule has 0 N–H and O–H groups in total. The number of ketones is 1. The van der Waals surface area contributed by atoms with Gasteiger partial charge in [0.2, 0.25) is 0 Å². The van der Waals surface area contributed by atoms with Crippen LogP contribution in [0.1, 0.15) is 19.8 Å². The first-order chi connectivity index (χ1) is 6.16. The van der Waals surface area contributed by atoms with Crippen molar-refractivity contribution in [2.75, 3.05) is 13.2 Å². The molecule has 74 valence electrons. The maximum Gasteiger partial charge on any atom is 0.306 e. The smallest absolute Gasteiger partial charge is 0.306 e. The van der Waals surface area contributed by atoms with E-state index in [0.29, 0.717) is 6.61 Å². The number of esters is 1. The second kappa shape index (κ2) is 7.34. The number of hydrogen-bond acceptors (Lipinski definition) is 4. The summed E-state index contributed by atoms with van der Waals surface area (Å²) < 4.78 is 9.46. The molecule has 0 spiro atoms. The van der Waals surface area contributed by atoms with Crippen LogP contribution in [0.4, 0.5) is 0 Å². The zero-order chi connectivity index (χ0) is 10.1. The molecular formula is C9H14O4. The van der Waals surface area contributed by atoms with Crippen LogP contribution in [0.5, 0.6) is 0 Å². The average molecular weight is 186 g/mol. The molecule has 13 heavy (non-hydrogen) atoms. The minimum atomic E-state index is -0.372. The Balaban J connectivity index is 3.30. The van der Waals surface area contributed by atoms with Gasteiger partial charge in [0, 0.05) is 6.42 Å². The van der Waals surface area contributed by atoms with Crippen molar-refractivity contribution in [1.29, 1.82) is 0 Å². The Bertz CT molecular complexity index is 186. The van der Waals surface area contributed by atoms with Crippen LogP contribution in [-0.2, 0) is 19.1 Å². The summed E-state index contributed by atoms with van der Waals surface area (Å²) in [5, 5.41) is 0. The molecule has 0 aliphatic rings. The van der Waals surface area contributed by atoms with Crippen LogP contribution in [-0.4, -0.2) is 25.0 Å². The van der Waals surface area contributed by atoms with Gasteiger partial charge >= 0.3 is 5.97 Å². The van der Waals surface area contributed by atoms with E-state index in [2.05, 4.69) is 6.58 Å². The lowest BCUT2D eigenvalue weighted by atomic mass is 10.2. The standard InChI is InChI=1S/C9H14O4/c1-3-12-6-7-13-9(11)5-4-8(2)10/h3H,1,4-7H2,2H3. The third kappa shape index (κ3) is 8.59. The fourth-order valence-corrected chi connectivity index (χ4v) is 0.637. The van der Waals surface area contributed by atoms with Crippen LogP contribution < -0.4 is 0 Å². The largest absolute Gasteiger partial charge is 0.498 e. The molecule has 0 amide bonds. The Morgan fingerprint density at radius 3 is 2.54 bits per heavy atom. The number of carbonyl (C=O) groups is 2. The predicted molar refractivity (Wildman–Crippen MR) is 47.0 cm³/mol. The van der Waals surface area contributed by atoms with Gasteiger partial charge in [-0.25, -0.2) is 0 Å². The number of carbonyl (C=O) groups excluding carboxylic acids is 2. The molecule has 0 fully saturated rings. The molecule has 0 aromatic rings. The van der Waals surface area contributed by atoms with Crippen molar-refractivity contribution in [3.8, 4) is 0 Å². The van der Waals surface area contributed by atoms with Gasteiger partial charge in [-0.05, 0) is 6.92 Å². The van der Waals surface area contributed by atoms with Crippen LogP contribution in [0.3, 0.4) is 0 Å². The number of Topliss-reactive ketones (excluding diaryl/α,β-unsaturated/α-hetero) is 1. The highest BCUT2D eigenvalue weighted by molar-refractivity contribution is 5.80. The summed E-state index contributed by atoms with van der Waals surface area (Å²) in [7, 11) is 0. The molecule has 0 aliphatic heterocycles. The Kier molecular flexibility index (Phi) is 6.59. The van der Waals surface area contributed by atoms with Gasteiger partial charge in [0.25, 0.3) is 0 Å². The van der Waals surface area contributed by atoms with Crippen molar-refractivity contribution < 1.29 is 19.1 Å². The maximum atomic E-state index is 10.9. The molecule has 0 saturated carbocycles. The maximum absolute atomic E-state index is 10.9. The summed E-state index contributed by atoms with van der Waals surface area (Å²) in [6.07, 6.45) is 1.66. The van der Waals surface area contributed by atoms with E-state index in [9.17, 15) is 9.59 Å². The van der Waals surface area contributed by atoms with Crippen LogP contribution in [0.15, 0.2) is 12.8 Å². The molecule has 0 heterocycles. The highest BCUT2D eigenvalue weighted by Crippen LogP contribution is 1.93. The third-order valence-electron chi connectivity index (χ3n) is 1.26. The van der Waals surface area contributed by atoms with Gasteiger partial charge in [0.05, 0.1) is 12.7 Å². The Labute approximate surface area is 77.5 Å². The second-order valence-electron chi connectivity index (χ2n) is 2.46. The molecular weight excluding hydrogens is 172 g/mol. The Hall–Kier alpha value is -1.32. The molecule has 0 aromatic carbocycles. The zero-order valence-electron chi connectivity index (χ0n) is 7.75. The molecule has 0 radical (unpaired) electrons. The van der Waals surface area contributed by atoms with Gasteiger partial charge in [-0.2, -0.15) is 0 Å². The monoisotopic (exact) mass is 186 g/mol. The van der Waals surface area contributed by atoms with E-state index in [1.807, 2.05) is 0 Å². The van der Waals surface area contributed by atoms with Gasteiger partial charge in [-0.1, -0.05) is 6.58 Å². The Morgan fingerprint density at radius 2 is 2.00 bits per heavy atom. The van der Waals surface area contributed by atoms with Crippen molar-refractivity contribution in [3.05, 3.63) is 12.8 Å². The minimum Gasteiger partial charge on any atom is -0.498 e. The fraction of sp³-hybridized carbons (Fsp3) is 0.556. The van der Waals surface area contributed by atoms with Crippen LogP contribution in [0, 0.1) is 0 Å². The van der Waals surface area contributed by atoms with E-state index in [1.165, 1.54) is 13.2 Å². The zero-order valence-corrected chi connectivity index (χ0v) is 7.75. The molecule has 0 bridgehead atoms. The van der Waals surface area contributed by atoms with Gasteiger partial charge in [0.1, 0.15) is 19.0 Å². The molecule has 0 aliphatic carbocycles. The Morgan fingerprint density at radius 1 is 1.31 bits per heavy atom. The molecule has 0 aromatic heterocycles. The first-order valence-corrected chi connectivity index (χ1v) is 4.04. The van der Waals surface area contributed by atoms with Gasteiger partial charge in [-0.3, -0.25) is 4.79 Å². The third-order valence-corrected chi connectivity index (χ3v) is 1.26. The summed E-state index contributed by atoms with van der Waals surface area (Å²) >= 11 is 0. The predicted octanol–water partition coefficient (Wildman–Crippen LogP) is 1.06. The summed E-state index contributed by atoms with van der Waals surface area (Å²) in [6, 6.07) is 0. The van der Waals surface area contributed by atoms with Crippen molar-refractivity contribution in [2.24, 2.45) is 0 Å². The van der Waals surface area contributed by atoms with Gasteiger partial charge < -0.3 is 14.3 Å². The van der Waals surface area contributed by atoms with Crippen LogP contribution in [0.25, 0.3) is 0 Å². The van der Waals surface area contributed by atoms with Crippen molar-refractivity contribution >= 4 is 11.8 Å². The highest BCUT2D eigenvalue weighted by atomic mass is 16.6. The topological polar surface area (TPSA) is 52.6 Å². The minimum absolute atomic E-state index is 0.0145. The SMILES string of the molecule is C=COCCOC(=O)CCC(C)=O. The summed E-state index contributed by atoms with van der Waals surface area (Å²) in [5.41, 5.74) is 0. The van der Waals surface area contributed by atoms with E-state index in [-0.39, 0.29) is 31.2 Å². The molecule has 0 rings (SSSR count). The normalized spacial score (nSPS) is 9.00. The van der Waals surface area contributed by atoms with E-state index in [4.69, 9.17) is 9.47 Å². The first kappa shape index (κ1) is 11.7. The first-order valence-electron chi connectivity index (χ1n) is 4.04. The van der Waals surface area contributed by atoms with Crippen LogP contribution in [0.2, 0.25) is 0 Å². The summed E-state index contributed by atoms with van der Waals surface area (Å²) in [4.78, 5) is 21.3. The number of ether oxygens (including phenoxy) is 2. The molecule has 0 atom stereocenters. The second-order valence-corrected chi connectivity index (χ2v) is 2.46. The lowest BCUT2D eigenvalue weighted by molar-refractivity contribution is -0.145. The average Bonchev–Trinajstić information content (AvgIpc) is 2.09. The summed E-state index contributed by atoms with van der Waals surface area (Å²) in [5.74, 6) is -0.387. The van der Waals surface area contributed by atoms with E-state index in [0.717, 1.165) is 0 Å². The van der Waals surface area contributed by atoms with Crippen molar-refractivity contribution in [2.45, 2.75) is 19.8 Å². The lowest BCUT2D eigenvalue weighted by Crippen LogP contribution is -2.10. The molecule has 4 nitrogen and oxygen atoms in total. The fourth-order valence-electron chi connectivity index (χ4n) is 0.637. The van der Waals surface area contributed by atoms with Crippen molar-refractivity contribution in [3.63, 3.8) is 0 Å². The molecule has 0 unspecified atom stereocenters. The van der Waals surface area contributed by atoms with E-state index < -0.39 is 0 Å². The lowest BCUT2D eigenvalue weighted by Gasteiger charge is -2.02. The number of rotatable bonds is 7. The molecule has 4 heteroatoms. The quantitative estimate of drug-likeness (QED) is 0.339. The van der Waals surface area contributed by atoms with Crippen molar-refractivity contribution in [1.82, 2.24) is 0 Å².